The summed E-state index contributed by atoms with van der Waals surface area (Å²) in [5, 5.41) is 6.35. The maximum atomic E-state index is 12.4. The van der Waals surface area contributed by atoms with E-state index >= 15 is 0 Å². The summed E-state index contributed by atoms with van der Waals surface area (Å²) in [6, 6.07) is 21.1. The third-order valence-corrected chi connectivity index (χ3v) is 4.82. The van der Waals surface area contributed by atoms with Crippen LogP contribution in [-0.4, -0.2) is 17.8 Å². The number of ether oxygens (including phenoxy) is 1. The number of aryl methyl sites for hydroxylation is 1. The van der Waals surface area contributed by atoms with E-state index in [1.807, 2.05) is 30.3 Å². The van der Waals surface area contributed by atoms with E-state index in [1.165, 1.54) is 13.0 Å². The molecule has 0 unspecified atom stereocenters. The first-order valence-corrected chi connectivity index (χ1v) is 10.5. The van der Waals surface area contributed by atoms with Gasteiger partial charge in [0, 0.05) is 36.2 Å². The van der Waals surface area contributed by atoms with Crippen molar-refractivity contribution < 1.29 is 19.1 Å². The van der Waals surface area contributed by atoms with Crippen LogP contribution in [0.1, 0.15) is 34.8 Å². The standard InChI is InChI=1S/C25H23ClN2O4/c1-17(29)32-23-7-3-5-20(15-23)25(31)28-22-11-8-19(9-12-22)16-27-24(30)13-10-18-4-2-6-21(26)14-18/h2-9,11-12,14-15H,10,13,16H2,1H3,(H,27,30)(H,28,31). The number of amides is 2. The summed E-state index contributed by atoms with van der Waals surface area (Å²) in [4.78, 5) is 35.6. The molecule has 0 saturated heterocycles. The topological polar surface area (TPSA) is 84.5 Å². The van der Waals surface area contributed by atoms with Gasteiger partial charge in [0.1, 0.15) is 5.75 Å². The predicted molar refractivity (Wildman–Crippen MR) is 124 cm³/mol. The van der Waals surface area contributed by atoms with E-state index in [-0.39, 0.29) is 11.8 Å². The van der Waals surface area contributed by atoms with E-state index in [0.29, 0.717) is 41.4 Å². The van der Waals surface area contributed by atoms with Gasteiger partial charge in [-0.3, -0.25) is 14.4 Å². The van der Waals surface area contributed by atoms with Crippen molar-refractivity contribution in [2.45, 2.75) is 26.3 Å². The maximum Gasteiger partial charge on any atom is 0.308 e. The molecule has 3 rings (SSSR count). The summed E-state index contributed by atoms with van der Waals surface area (Å²) in [6.07, 6.45) is 0.997. The highest BCUT2D eigenvalue weighted by molar-refractivity contribution is 6.30. The van der Waals surface area contributed by atoms with Gasteiger partial charge in [-0.15, -0.1) is 0 Å². The monoisotopic (exact) mass is 450 g/mol. The Balaban J connectivity index is 1.48. The van der Waals surface area contributed by atoms with Gasteiger partial charge in [0.25, 0.3) is 5.91 Å². The molecule has 0 fully saturated rings. The SMILES string of the molecule is CC(=O)Oc1cccc(C(=O)Nc2ccc(CNC(=O)CCc3cccc(Cl)c3)cc2)c1. The molecule has 0 heterocycles. The molecule has 0 spiro atoms. The first-order chi connectivity index (χ1) is 15.4. The average molecular weight is 451 g/mol. The molecule has 3 aromatic carbocycles. The van der Waals surface area contributed by atoms with Gasteiger partial charge in [0.05, 0.1) is 0 Å². The van der Waals surface area contributed by atoms with Gasteiger partial charge in [-0.25, -0.2) is 0 Å². The molecular formula is C25H23ClN2O4. The van der Waals surface area contributed by atoms with E-state index in [9.17, 15) is 14.4 Å². The van der Waals surface area contributed by atoms with Gasteiger partial charge in [0.2, 0.25) is 5.91 Å². The number of rotatable bonds is 8. The molecule has 0 aromatic heterocycles. The predicted octanol–water partition coefficient (Wildman–Crippen LogP) is 4.77. The fraction of sp³-hybridized carbons (Fsp3) is 0.160. The van der Waals surface area contributed by atoms with Crippen molar-refractivity contribution >= 4 is 35.1 Å². The minimum absolute atomic E-state index is 0.0463. The highest BCUT2D eigenvalue weighted by atomic mass is 35.5. The minimum Gasteiger partial charge on any atom is -0.427 e. The van der Waals surface area contributed by atoms with Crippen LogP contribution in [0.25, 0.3) is 0 Å². The molecule has 2 amide bonds. The number of hydrogen-bond acceptors (Lipinski definition) is 4. The van der Waals surface area contributed by atoms with Crippen molar-refractivity contribution in [1.29, 1.82) is 0 Å². The lowest BCUT2D eigenvalue weighted by atomic mass is 10.1. The summed E-state index contributed by atoms with van der Waals surface area (Å²) in [6.45, 7) is 1.70. The first kappa shape index (κ1) is 23.0. The lowest BCUT2D eigenvalue weighted by molar-refractivity contribution is -0.131. The third-order valence-electron chi connectivity index (χ3n) is 4.59. The largest absolute Gasteiger partial charge is 0.427 e. The molecule has 2 N–H and O–H groups in total. The third kappa shape index (κ3) is 7.25. The fourth-order valence-electron chi connectivity index (χ4n) is 3.02. The Morgan fingerprint density at radius 1 is 0.906 bits per heavy atom. The number of esters is 1. The average Bonchev–Trinajstić information content (AvgIpc) is 2.77. The molecule has 0 saturated carbocycles. The van der Waals surface area contributed by atoms with Gasteiger partial charge < -0.3 is 15.4 Å². The summed E-state index contributed by atoms with van der Waals surface area (Å²) >= 11 is 5.96. The maximum absolute atomic E-state index is 12.4. The zero-order chi connectivity index (χ0) is 22.9. The minimum atomic E-state index is -0.449. The molecule has 0 atom stereocenters. The number of halogens is 1. The van der Waals surface area contributed by atoms with Crippen LogP contribution < -0.4 is 15.4 Å². The van der Waals surface area contributed by atoms with Crippen molar-refractivity contribution in [2.75, 3.05) is 5.32 Å². The van der Waals surface area contributed by atoms with Crippen LogP contribution in [0.2, 0.25) is 5.02 Å². The van der Waals surface area contributed by atoms with Crippen molar-refractivity contribution in [2.24, 2.45) is 0 Å². The zero-order valence-corrected chi connectivity index (χ0v) is 18.3. The van der Waals surface area contributed by atoms with Gasteiger partial charge in [-0.2, -0.15) is 0 Å². The molecule has 0 bridgehead atoms. The van der Waals surface area contributed by atoms with Crippen LogP contribution in [0.4, 0.5) is 5.69 Å². The summed E-state index contributed by atoms with van der Waals surface area (Å²) in [7, 11) is 0. The van der Waals surface area contributed by atoms with Crippen LogP contribution in [0.5, 0.6) is 5.75 Å². The summed E-state index contributed by atoms with van der Waals surface area (Å²) in [5.41, 5.74) is 2.92. The Hall–Kier alpha value is -3.64. The molecule has 0 aliphatic rings. The molecule has 6 nitrogen and oxygen atoms in total. The van der Waals surface area contributed by atoms with E-state index < -0.39 is 5.97 Å². The van der Waals surface area contributed by atoms with Crippen molar-refractivity contribution in [3.8, 4) is 5.75 Å². The van der Waals surface area contributed by atoms with Crippen molar-refractivity contribution in [3.05, 3.63) is 94.5 Å². The van der Waals surface area contributed by atoms with Crippen LogP contribution >= 0.6 is 11.6 Å². The second-order valence-electron chi connectivity index (χ2n) is 7.18. The number of hydrogen-bond donors (Lipinski definition) is 2. The second kappa shape index (κ2) is 11.1. The second-order valence-corrected chi connectivity index (χ2v) is 7.62. The molecule has 32 heavy (non-hydrogen) atoms. The Labute approximate surface area is 191 Å². The Morgan fingerprint density at radius 2 is 1.66 bits per heavy atom. The summed E-state index contributed by atoms with van der Waals surface area (Å²) in [5.74, 6) is -0.502. The lowest BCUT2D eigenvalue weighted by Crippen LogP contribution is -2.23. The van der Waals surface area contributed by atoms with Gasteiger partial charge in [0.15, 0.2) is 0 Å². The molecule has 3 aromatic rings. The van der Waals surface area contributed by atoms with E-state index in [0.717, 1.165) is 11.1 Å². The van der Waals surface area contributed by atoms with E-state index in [4.69, 9.17) is 16.3 Å². The number of nitrogens with one attached hydrogen (secondary N) is 2. The van der Waals surface area contributed by atoms with Gasteiger partial charge >= 0.3 is 5.97 Å². The number of benzene rings is 3. The van der Waals surface area contributed by atoms with Gasteiger partial charge in [-0.05, 0) is 60.0 Å². The number of carbonyl (C=O) groups excluding carboxylic acids is 3. The van der Waals surface area contributed by atoms with Crippen LogP contribution in [0.15, 0.2) is 72.8 Å². The molecule has 0 radical (unpaired) electrons. The van der Waals surface area contributed by atoms with Crippen molar-refractivity contribution in [3.63, 3.8) is 0 Å². The highest BCUT2D eigenvalue weighted by Gasteiger charge is 2.09. The zero-order valence-electron chi connectivity index (χ0n) is 17.6. The lowest BCUT2D eigenvalue weighted by Gasteiger charge is -2.09. The molecule has 7 heteroatoms. The normalized spacial score (nSPS) is 10.3. The Bertz CT molecular complexity index is 1110. The molecule has 164 valence electrons. The summed E-state index contributed by atoms with van der Waals surface area (Å²) < 4.78 is 5.01. The van der Waals surface area contributed by atoms with Crippen LogP contribution in [0.3, 0.4) is 0 Å². The number of anilines is 1. The van der Waals surface area contributed by atoms with Crippen LogP contribution in [-0.2, 0) is 22.6 Å². The molecular weight excluding hydrogens is 428 g/mol. The fourth-order valence-corrected chi connectivity index (χ4v) is 3.23. The Morgan fingerprint density at radius 3 is 2.38 bits per heavy atom. The van der Waals surface area contributed by atoms with E-state index in [2.05, 4.69) is 10.6 Å². The Kier molecular flexibility index (Phi) is 8.00. The smallest absolute Gasteiger partial charge is 0.308 e. The van der Waals surface area contributed by atoms with Crippen LogP contribution in [0, 0.1) is 0 Å². The molecule has 0 aliphatic carbocycles. The highest BCUT2D eigenvalue weighted by Crippen LogP contribution is 2.16. The first-order valence-electron chi connectivity index (χ1n) is 10.1. The van der Waals surface area contributed by atoms with Gasteiger partial charge in [-0.1, -0.05) is 41.9 Å². The quantitative estimate of drug-likeness (QED) is 0.382. The van der Waals surface area contributed by atoms with Crippen molar-refractivity contribution in [1.82, 2.24) is 5.32 Å². The number of carbonyl (C=O) groups is 3. The molecule has 0 aliphatic heterocycles. The van der Waals surface area contributed by atoms with E-state index in [1.54, 1.807) is 36.4 Å².